The molecule has 2 aliphatic rings. The van der Waals surface area contributed by atoms with E-state index in [9.17, 15) is 14.4 Å². The second-order valence-corrected chi connectivity index (χ2v) is 8.21. The summed E-state index contributed by atoms with van der Waals surface area (Å²) in [5.41, 5.74) is 8.56. The van der Waals surface area contributed by atoms with E-state index in [-0.39, 0.29) is 23.8 Å². The Morgan fingerprint density at radius 3 is 2.59 bits per heavy atom. The Hall–Kier alpha value is -3.52. The lowest BCUT2D eigenvalue weighted by Crippen LogP contribution is -2.29. The summed E-state index contributed by atoms with van der Waals surface area (Å²) >= 11 is 5.96. The number of nitrogens with zero attached hydrogens (tertiary/aromatic N) is 3. The number of H-pyrrole nitrogens is 1. The Bertz CT molecular complexity index is 1390. The van der Waals surface area contributed by atoms with E-state index in [0.717, 1.165) is 35.0 Å². The highest BCUT2D eigenvalue weighted by Crippen LogP contribution is 2.25. The summed E-state index contributed by atoms with van der Waals surface area (Å²) < 4.78 is 1.86. The largest absolute Gasteiger partial charge is 0.370 e. The first-order valence-electron chi connectivity index (χ1n) is 10.3. The van der Waals surface area contributed by atoms with Gasteiger partial charge in [-0.2, -0.15) is 4.98 Å². The number of hydrogen-bond acceptors (Lipinski definition) is 5. The molecule has 2 aromatic rings. The molecule has 0 spiro atoms. The zero-order chi connectivity index (χ0) is 22.8. The molecule has 0 saturated carbocycles. The topological polar surface area (TPSA) is 124 Å². The van der Waals surface area contributed by atoms with Gasteiger partial charge in [-0.15, -0.1) is 0 Å². The Labute approximate surface area is 188 Å². The second-order valence-electron chi connectivity index (χ2n) is 7.77. The van der Waals surface area contributed by atoms with Crippen molar-refractivity contribution in [1.82, 2.24) is 19.5 Å². The molecule has 2 aliphatic heterocycles. The second kappa shape index (κ2) is 8.92. The van der Waals surface area contributed by atoms with Crippen molar-refractivity contribution in [3.63, 3.8) is 0 Å². The van der Waals surface area contributed by atoms with Crippen molar-refractivity contribution in [2.45, 2.75) is 39.2 Å². The van der Waals surface area contributed by atoms with Gasteiger partial charge in [0.2, 0.25) is 5.91 Å². The van der Waals surface area contributed by atoms with E-state index >= 15 is 0 Å². The maximum Gasteiger partial charge on any atom is 0.349 e. The number of amides is 1. The van der Waals surface area contributed by atoms with Crippen LogP contribution in [0.2, 0.25) is 5.02 Å². The summed E-state index contributed by atoms with van der Waals surface area (Å²) in [5, 5.41) is 0.680. The molecular formula is C23H22ClN5O3. The van der Waals surface area contributed by atoms with Crippen LogP contribution in [0.3, 0.4) is 0 Å². The van der Waals surface area contributed by atoms with Crippen LogP contribution < -0.4 is 17.0 Å². The van der Waals surface area contributed by atoms with E-state index in [2.05, 4.69) is 15.0 Å². The van der Waals surface area contributed by atoms with Gasteiger partial charge in [-0.3, -0.25) is 14.6 Å². The highest BCUT2D eigenvalue weighted by atomic mass is 35.5. The molecule has 8 nitrogen and oxygen atoms in total. The van der Waals surface area contributed by atoms with Crippen LogP contribution in [-0.2, 0) is 24.2 Å². The monoisotopic (exact) mass is 451 g/mol. The number of hydrogen-bond donors (Lipinski definition) is 2. The maximum atomic E-state index is 12.4. The van der Waals surface area contributed by atoms with Crippen molar-refractivity contribution >= 4 is 28.5 Å². The molecule has 3 N–H and O–H groups in total. The summed E-state index contributed by atoms with van der Waals surface area (Å²) in [6.07, 6.45) is 2.25. The number of nitrogens with one attached hydrogen (secondary N) is 1. The number of aromatic amines is 1. The van der Waals surface area contributed by atoms with Crippen LogP contribution >= 0.6 is 11.6 Å². The molecule has 164 valence electrons. The quantitative estimate of drug-likeness (QED) is 0.418. The molecule has 9 heteroatoms. The molecule has 32 heavy (non-hydrogen) atoms. The molecule has 0 aliphatic carbocycles. The predicted octanol–water partition coefficient (Wildman–Crippen LogP) is 2.60. The number of carbonyl (C=O) groups is 1. The fraction of sp³-hybridized carbons (Fsp3) is 0.261. The lowest BCUT2D eigenvalue weighted by molar-refractivity contribution is -0.117. The highest BCUT2D eigenvalue weighted by molar-refractivity contribution is 6.30. The van der Waals surface area contributed by atoms with Crippen LogP contribution in [-0.4, -0.2) is 25.4 Å². The number of primary amides is 1. The lowest BCUT2D eigenvalue weighted by Gasteiger charge is -2.18. The van der Waals surface area contributed by atoms with Crippen LogP contribution in [0.5, 0.6) is 0 Å². The summed E-state index contributed by atoms with van der Waals surface area (Å²) in [6, 6.07) is 11.5. The van der Waals surface area contributed by atoms with Crippen LogP contribution in [0.1, 0.15) is 29.5 Å². The zero-order valence-electron chi connectivity index (χ0n) is 17.5. The summed E-state index contributed by atoms with van der Waals surface area (Å²) in [6.45, 7) is 2.45. The van der Waals surface area contributed by atoms with E-state index < -0.39 is 11.2 Å². The summed E-state index contributed by atoms with van der Waals surface area (Å²) in [5.74, 6) is -0.131. The number of carbonyl (C=O) groups excluding carboxylic acids is 1. The Kier molecular flexibility index (Phi) is 6.05. The summed E-state index contributed by atoms with van der Waals surface area (Å²) in [7, 11) is 0. The SMILES string of the molecule is Cc1cc2nc3c(=O)[nH]c(=O)nc-3n(CCCc3ccc(Cl)cc3)c2cc1CCC(N)=O. The number of nitrogens with two attached hydrogens (primary N) is 1. The smallest absolute Gasteiger partial charge is 0.349 e. The average molecular weight is 452 g/mol. The molecule has 0 unspecified atom stereocenters. The number of fused-ring (bicyclic) bond motifs is 2. The van der Waals surface area contributed by atoms with Gasteiger partial charge in [0.1, 0.15) is 0 Å². The molecule has 0 saturated heterocycles. The third kappa shape index (κ3) is 4.55. The minimum atomic E-state index is -0.712. The molecule has 2 aromatic carbocycles. The van der Waals surface area contributed by atoms with E-state index in [4.69, 9.17) is 17.3 Å². The van der Waals surface area contributed by atoms with Crippen molar-refractivity contribution in [2.75, 3.05) is 0 Å². The molecule has 1 amide bonds. The van der Waals surface area contributed by atoms with Gasteiger partial charge in [0.15, 0.2) is 11.5 Å². The third-order valence-electron chi connectivity index (χ3n) is 5.47. The molecule has 0 fully saturated rings. The normalized spacial score (nSPS) is 11.3. The van der Waals surface area contributed by atoms with Crippen LogP contribution in [0.4, 0.5) is 0 Å². The van der Waals surface area contributed by atoms with Gasteiger partial charge in [-0.1, -0.05) is 23.7 Å². The fourth-order valence-corrected chi connectivity index (χ4v) is 3.96. The number of aromatic nitrogens is 4. The summed E-state index contributed by atoms with van der Waals surface area (Å²) in [4.78, 5) is 46.4. The maximum absolute atomic E-state index is 12.4. The first-order valence-corrected chi connectivity index (χ1v) is 10.7. The van der Waals surface area contributed by atoms with Crippen molar-refractivity contribution in [3.05, 3.63) is 78.9 Å². The lowest BCUT2D eigenvalue weighted by atomic mass is 10.0. The van der Waals surface area contributed by atoms with E-state index in [1.807, 2.05) is 47.9 Å². The van der Waals surface area contributed by atoms with Crippen molar-refractivity contribution in [1.29, 1.82) is 0 Å². The van der Waals surface area contributed by atoms with Crippen LogP contribution in [0, 0.1) is 6.92 Å². The number of benzene rings is 2. The van der Waals surface area contributed by atoms with E-state index in [0.29, 0.717) is 23.5 Å². The third-order valence-corrected chi connectivity index (χ3v) is 5.72. The molecule has 2 heterocycles. The minimum absolute atomic E-state index is 0.118. The van der Waals surface area contributed by atoms with E-state index in [1.54, 1.807) is 0 Å². The standard InChI is InChI=1S/C23H22ClN5O3/c1-13-11-17-18(12-15(13)6-9-19(25)30)29(10-2-3-14-4-7-16(24)8-5-14)21-20(26-17)22(31)28-23(32)27-21/h4-5,7-8,11-12H,2-3,6,9-10H2,1H3,(H2,25,30)(H,28,31,32). The average Bonchev–Trinajstić information content (AvgIpc) is 2.74. The van der Waals surface area contributed by atoms with Gasteiger partial charge in [0, 0.05) is 18.0 Å². The van der Waals surface area contributed by atoms with Gasteiger partial charge in [0.05, 0.1) is 11.0 Å². The number of aryl methyl sites for hydroxylation is 4. The fourth-order valence-electron chi connectivity index (χ4n) is 3.83. The van der Waals surface area contributed by atoms with Crippen LogP contribution in [0.15, 0.2) is 46.0 Å². The first-order chi connectivity index (χ1) is 15.3. The predicted molar refractivity (Wildman–Crippen MR) is 123 cm³/mol. The molecule has 4 rings (SSSR count). The molecule has 0 atom stereocenters. The van der Waals surface area contributed by atoms with Crippen molar-refractivity contribution in [2.24, 2.45) is 5.73 Å². The Morgan fingerprint density at radius 2 is 1.88 bits per heavy atom. The molecular weight excluding hydrogens is 430 g/mol. The van der Waals surface area contributed by atoms with Crippen molar-refractivity contribution in [3.8, 4) is 11.5 Å². The van der Waals surface area contributed by atoms with Gasteiger partial charge >= 0.3 is 5.69 Å². The minimum Gasteiger partial charge on any atom is -0.370 e. The first kappa shape index (κ1) is 21.7. The Balaban J connectivity index is 1.80. The molecule has 0 aromatic heterocycles. The van der Waals surface area contributed by atoms with Crippen LogP contribution in [0.25, 0.3) is 22.6 Å². The van der Waals surface area contributed by atoms with Gasteiger partial charge in [-0.25, -0.2) is 9.78 Å². The van der Waals surface area contributed by atoms with Gasteiger partial charge < -0.3 is 10.3 Å². The van der Waals surface area contributed by atoms with Gasteiger partial charge in [-0.05, 0) is 67.1 Å². The molecule has 0 radical (unpaired) electrons. The van der Waals surface area contributed by atoms with Crippen molar-refractivity contribution < 1.29 is 4.79 Å². The molecule has 0 bridgehead atoms. The Morgan fingerprint density at radius 1 is 1.12 bits per heavy atom. The highest BCUT2D eigenvalue weighted by Gasteiger charge is 2.19. The zero-order valence-corrected chi connectivity index (χ0v) is 18.3. The number of rotatable bonds is 7. The number of halogens is 1. The van der Waals surface area contributed by atoms with Gasteiger partial charge in [0.25, 0.3) is 5.56 Å². The van der Waals surface area contributed by atoms with E-state index in [1.165, 1.54) is 0 Å².